The van der Waals surface area contributed by atoms with Gasteiger partial charge in [-0.3, -0.25) is 9.59 Å². The molecule has 1 aliphatic rings. The third kappa shape index (κ3) is 7.34. The van der Waals surface area contributed by atoms with Gasteiger partial charge < -0.3 is 20.3 Å². The molecule has 3 rings (SSSR count). The number of carbonyl (C=O) groups excluding carboxylic acids is 3. The van der Waals surface area contributed by atoms with E-state index in [0.717, 1.165) is 17.5 Å². The fraction of sp³-hybridized carbons (Fsp3) is 0.423. The van der Waals surface area contributed by atoms with Gasteiger partial charge in [0.15, 0.2) is 0 Å². The van der Waals surface area contributed by atoms with Crippen molar-refractivity contribution in [1.82, 2.24) is 15.5 Å². The van der Waals surface area contributed by atoms with E-state index in [1.807, 2.05) is 60.7 Å². The molecule has 1 heterocycles. The van der Waals surface area contributed by atoms with E-state index in [0.29, 0.717) is 25.9 Å². The Hall–Kier alpha value is -3.35. The van der Waals surface area contributed by atoms with E-state index in [2.05, 4.69) is 10.6 Å². The van der Waals surface area contributed by atoms with E-state index in [1.54, 1.807) is 25.7 Å². The Morgan fingerprint density at radius 1 is 1.00 bits per heavy atom. The van der Waals surface area contributed by atoms with Crippen LogP contribution in [-0.4, -0.2) is 47.0 Å². The summed E-state index contributed by atoms with van der Waals surface area (Å²) in [6, 6.07) is 17.8. The number of nitrogens with zero attached hydrogens (tertiary/aromatic N) is 1. The Labute approximate surface area is 195 Å². The molecule has 2 N–H and O–H groups in total. The number of alkyl carbamates (subject to hydrolysis) is 1. The Morgan fingerprint density at radius 3 is 2.21 bits per heavy atom. The topological polar surface area (TPSA) is 87.7 Å². The molecule has 0 aromatic heterocycles. The molecule has 0 radical (unpaired) electrons. The number of hydrogen-bond donors (Lipinski definition) is 2. The van der Waals surface area contributed by atoms with Gasteiger partial charge in [0.1, 0.15) is 17.7 Å². The van der Waals surface area contributed by atoms with Gasteiger partial charge in [-0.1, -0.05) is 60.7 Å². The summed E-state index contributed by atoms with van der Waals surface area (Å²) < 4.78 is 5.38. The van der Waals surface area contributed by atoms with Gasteiger partial charge in [-0.2, -0.15) is 0 Å². The minimum Gasteiger partial charge on any atom is -0.444 e. The molecule has 2 unspecified atom stereocenters. The van der Waals surface area contributed by atoms with Crippen LogP contribution in [0.1, 0.15) is 44.7 Å². The number of amides is 3. The van der Waals surface area contributed by atoms with E-state index in [-0.39, 0.29) is 11.8 Å². The van der Waals surface area contributed by atoms with Gasteiger partial charge in [0.25, 0.3) is 0 Å². The molecule has 7 heteroatoms. The Balaban J connectivity index is 1.70. The van der Waals surface area contributed by atoms with Crippen molar-refractivity contribution in [2.75, 3.05) is 6.54 Å². The van der Waals surface area contributed by atoms with Crippen molar-refractivity contribution in [3.8, 4) is 0 Å². The Kier molecular flexibility index (Phi) is 8.09. The van der Waals surface area contributed by atoms with Crippen LogP contribution in [0.15, 0.2) is 60.7 Å². The van der Waals surface area contributed by atoms with E-state index in [9.17, 15) is 14.4 Å². The van der Waals surface area contributed by atoms with Crippen LogP contribution in [0, 0.1) is 0 Å². The van der Waals surface area contributed by atoms with Crippen LogP contribution in [0.4, 0.5) is 4.79 Å². The van der Waals surface area contributed by atoms with Crippen LogP contribution in [0.5, 0.6) is 0 Å². The van der Waals surface area contributed by atoms with Gasteiger partial charge >= 0.3 is 6.09 Å². The van der Waals surface area contributed by atoms with Gasteiger partial charge in [-0.05, 0) is 44.7 Å². The summed E-state index contributed by atoms with van der Waals surface area (Å²) in [6.07, 6.45) is 0.991. The van der Waals surface area contributed by atoms with Crippen molar-refractivity contribution in [3.63, 3.8) is 0 Å². The molecular formula is C26H33N3O4. The largest absolute Gasteiger partial charge is 0.444 e. The SMILES string of the molecule is CC(C)(C)OC(=O)NC(Cc1ccccc1)C(=O)N1CCCC1C(=O)NCc1ccccc1. The monoisotopic (exact) mass is 451 g/mol. The molecule has 0 saturated carbocycles. The summed E-state index contributed by atoms with van der Waals surface area (Å²) in [4.78, 5) is 40.5. The van der Waals surface area contributed by atoms with E-state index in [1.165, 1.54) is 0 Å². The first kappa shape index (κ1) is 24.3. The highest BCUT2D eigenvalue weighted by Crippen LogP contribution is 2.20. The average molecular weight is 452 g/mol. The summed E-state index contributed by atoms with van der Waals surface area (Å²) in [7, 11) is 0. The first-order valence-corrected chi connectivity index (χ1v) is 11.4. The van der Waals surface area contributed by atoms with Crippen LogP contribution in [0.2, 0.25) is 0 Å². The van der Waals surface area contributed by atoms with Crippen LogP contribution in [0.3, 0.4) is 0 Å². The van der Waals surface area contributed by atoms with Gasteiger partial charge in [0, 0.05) is 19.5 Å². The number of hydrogen-bond acceptors (Lipinski definition) is 4. The molecule has 3 amide bonds. The number of carbonyl (C=O) groups is 3. The fourth-order valence-corrected chi connectivity index (χ4v) is 3.91. The Morgan fingerprint density at radius 2 is 1.61 bits per heavy atom. The average Bonchev–Trinajstić information content (AvgIpc) is 3.27. The predicted molar refractivity (Wildman–Crippen MR) is 126 cm³/mol. The summed E-state index contributed by atoms with van der Waals surface area (Å²) in [5.41, 5.74) is 1.23. The lowest BCUT2D eigenvalue weighted by molar-refractivity contribution is -0.140. The van der Waals surface area contributed by atoms with Crippen LogP contribution >= 0.6 is 0 Å². The Bertz CT molecular complexity index is 941. The first-order valence-electron chi connectivity index (χ1n) is 11.4. The molecule has 0 spiro atoms. The quantitative estimate of drug-likeness (QED) is 0.675. The van der Waals surface area contributed by atoms with Gasteiger partial charge in [-0.25, -0.2) is 4.79 Å². The lowest BCUT2D eigenvalue weighted by atomic mass is 10.0. The van der Waals surface area contributed by atoms with Crippen LogP contribution < -0.4 is 10.6 Å². The third-order valence-electron chi connectivity index (χ3n) is 5.42. The normalized spacial score (nSPS) is 16.7. The van der Waals surface area contributed by atoms with Gasteiger partial charge in [0.2, 0.25) is 11.8 Å². The zero-order chi connectivity index (χ0) is 23.8. The number of ether oxygens (including phenoxy) is 1. The standard InChI is InChI=1S/C26H33N3O4/c1-26(2,3)33-25(32)28-21(17-19-11-6-4-7-12-19)24(31)29-16-10-15-22(29)23(30)27-18-20-13-8-5-9-14-20/h4-9,11-14,21-22H,10,15-18H2,1-3H3,(H,27,30)(H,28,32). The number of rotatable bonds is 7. The second-order valence-corrected chi connectivity index (χ2v) is 9.28. The van der Waals surface area contributed by atoms with E-state index >= 15 is 0 Å². The zero-order valence-corrected chi connectivity index (χ0v) is 19.5. The lowest BCUT2D eigenvalue weighted by Crippen LogP contribution is -2.54. The molecule has 176 valence electrons. The van der Waals surface area contributed by atoms with Crippen molar-refractivity contribution in [1.29, 1.82) is 0 Å². The summed E-state index contributed by atoms with van der Waals surface area (Å²) in [5, 5.41) is 5.67. The maximum atomic E-state index is 13.5. The number of benzene rings is 2. The summed E-state index contributed by atoms with van der Waals surface area (Å²) in [6.45, 7) is 6.20. The minimum absolute atomic E-state index is 0.180. The maximum absolute atomic E-state index is 13.5. The van der Waals surface area contributed by atoms with E-state index in [4.69, 9.17) is 4.74 Å². The highest BCUT2D eigenvalue weighted by molar-refractivity contribution is 5.92. The van der Waals surface area contributed by atoms with Gasteiger partial charge in [-0.15, -0.1) is 0 Å². The second-order valence-electron chi connectivity index (χ2n) is 9.28. The molecule has 2 aromatic carbocycles. The molecule has 7 nitrogen and oxygen atoms in total. The number of nitrogens with one attached hydrogen (secondary N) is 2. The van der Waals surface area contributed by atoms with Crippen molar-refractivity contribution >= 4 is 17.9 Å². The summed E-state index contributed by atoms with van der Waals surface area (Å²) in [5.74, 6) is -0.456. The van der Waals surface area contributed by atoms with Crippen LogP contribution in [-0.2, 0) is 27.3 Å². The molecule has 1 aliphatic heterocycles. The highest BCUT2D eigenvalue weighted by Gasteiger charge is 2.38. The molecular weight excluding hydrogens is 418 g/mol. The molecule has 33 heavy (non-hydrogen) atoms. The first-order chi connectivity index (χ1) is 15.7. The predicted octanol–water partition coefficient (Wildman–Crippen LogP) is 3.43. The van der Waals surface area contributed by atoms with Crippen LogP contribution in [0.25, 0.3) is 0 Å². The van der Waals surface area contributed by atoms with Crippen molar-refractivity contribution < 1.29 is 19.1 Å². The molecule has 2 aromatic rings. The van der Waals surface area contributed by atoms with Gasteiger partial charge in [0.05, 0.1) is 0 Å². The van der Waals surface area contributed by atoms with Crippen molar-refractivity contribution in [3.05, 3.63) is 71.8 Å². The van der Waals surface area contributed by atoms with E-state index < -0.39 is 23.8 Å². The summed E-state index contributed by atoms with van der Waals surface area (Å²) >= 11 is 0. The molecule has 2 atom stereocenters. The molecule has 1 saturated heterocycles. The zero-order valence-electron chi connectivity index (χ0n) is 19.5. The molecule has 0 aliphatic carbocycles. The second kappa shape index (κ2) is 11.0. The van der Waals surface area contributed by atoms with Crippen molar-refractivity contribution in [2.45, 2.75) is 64.3 Å². The molecule has 1 fully saturated rings. The minimum atomic E-state index is -0.829. The smallest absolute Gasteiger partial charge is 0.408 e. The molecule has 0 bridgehead atoms. The maximum Gasteiger partial charge on any atom is 0.408 e. The third-order valence-corrected chi connectivity index (χ3v) is 5.42. The fourth-order valence-electron chi connectivity index (χ4n) is 3.91. The lowest BCUT2D eigenvalue weighted by Gasteiger charge is -2.29. The highest BCUT2D eigenvalue weighted by atomic mass is 16.6. The van der Waals surface area contributed by atoms with Crippen molar-refractivity contribution in [2.24, 2.45) is 0 Å². The number of likely N-dealkylation sites (tertiary alicyclic amines) is 1.